The van der Waals surface area contributed by atoms with Gasteiger partial charge < -0.3 is 5.32 Å². The van der Waals surface area contributed by atoms with E-state index in [9.17, 15) is 0 Å². The van der Waals surface area contributed by atoms with Crippen LogP contribution >= 0.6 is 0 Å². The Hall–Kier alpha value is -0.0400. The first-order valence-electron chi connectivity index (χ1n) is 2.38. The number of rotatable bonds is 0. The van der Waals surface area contributed by atoms with Gasteiger partial charge >= 0.3 is 0 Å². The maximum atomic E-state index is 3.10. The molecule has 0 aromatic rings. The van der Waals surface area contributed by atoms with Gasteiger partial charge in [-0.15, -0.1) is 0 Å². The van der Waals surface area contributed by atoms with E-state index in [1.54, 1.807) is 0 Å². The summed E-state index contributed by atoms with van der Waals surface area (Å²) in [7, 11) is 0. The first-order chi connectivity index (χ1) is 3.00. The van der Waals surface area contributed by atoms with Crippen molar-refractivity contribution in [1.82, 2.24) is 5.32 Å². The van der Waals surface area contributed by atoms with Crippen molar-refractivity contribution >= 4 is 0 Å². The summed E-state index contributed by atoms with van der Waals surface area (Å²) >= 11 is 0. The molecule has 0 aromatic heterocycles. The third-order valence-corrected chi connectivity index (χ3v) is 0.928. The van der Waals surface area contributed by atoms with Gasteiger partial charge in [-0.25, -0.2) is 0 Å². The molecule has 1 aliphatic heterocycles. The molecular formula is C5H9N. The molecule has 0 aliphatic carbocycles. The molecule has 1 nitrogen and oxygen atoms in total. The van der Waals surface area contributed by atoms with Crippen LogP contribution in [-0.2, 0) is 0 Å². The van der Waals surface area contributed by atoms with Crippen molar-refractivity contribution in [3.05, 3.63) is 13.0 Å². The van der Waals surface area contributed by atoms with E-state index in [0.29, 0.717) is 0 Å². The van der Waals surface area contributed by atoms with Gasteiger partial charge in [0.1, 0.15) is 0 Å². The molecule has 1 heteroatoms. The van der Waals surface area contributed by atoms with Gasteiger partial charge in [-0.3, -0.25) is 0 Å². The van der Waals surface area contributed by atoms with Gasteiger partial charge in [-0.2, -0.15) is 0 Å². The molecule has 0 spiro atoms. The normalized spacial score (nSPS) is 24.0. The second-order valence-electron chi connectivity index (χ2n) is 1.50. The molecular weight excluding hydrogens is 74.1 g/mol. The van der Waals surface area contributed by atoms with E-state index in [1.165, 1.54) is 12.8 Å². The molecule has 0 saturated carbocycles. The lowest BCUT2D eigenvalue weighted by Crippen LogP contribution is -2.16. The largest absolute Gasteiger partial charge is 0.312 e. The van der Waals surface area contributed by atoms with Crippen LogP contribution in [0.15, 0.2) is 0 Å². The van der Waals surface area contributed by atoms with Crippen LogP contribution in [0.5, 0.6) is 0 Å². The van der Waals surface area contributed by atoms with Crippen molar-refractivity contribution < 1.29 is 0 Å². The fraction of sp³-hybridized carbons (Fsp3) is 0.600. The first-order valence-corrected chi connectivity index (χ1v) is 2.38. The molecule has 1 N–H and O–H groups in total. The molecule has 0 bridgehead atoms. The minimum absolute atomic E-state index is 1.16. The van der Waals surface area contributed by atoms with E-state index >= 15 is 0 Å². The Morgan fingerprint density at radius 1 is 1.50 bits per heavy atom. The summed E-state index contributed by atoms with van der Waals surface area (Å²) in [5, 5.41) is 3.10. The lowest BCUT2D eigenvalue weighted by atomic mass is 10.2. The van der Waals surface area contributed by atoms with Crippen molar-refractivity contribution in [1.29, 1.82) is 0 Å². The lowest BCUT2D eigenvalue weighted by Gasteiger charge is -2.07. The summed E-state index contributed by atoms with van der Waals surface area (Å²) in [6.45, 7) is 3.18. The molecule has 1 fully saturated rings. The minimum atomic E-state index is 1.16. The van der Waals surface area contributed by atoms with Crippen LogP contribution in [0.3, 0.4) is 0 Å². The Morgan fingerprint density at radius 2 is 2.50 bits per heavy atom. The highest BCUT2D eigenvalue weighted by Gasteiger charge is 1.94. The maximum absolute atomic E-state index is 3.10. The predicted octanol–water partition coefficient (Wildman–Crippen LogP) is 0.736. The second kappa shape index (κ2) is 2.19. The third-order valence-electron chi connectivity index (χ3n) is 0.928. The molecule has 2 radical (unpaired) electrons. The topological polar surface area (TPSA) is 12.0 Å². The monoisotopic (exact) mass is 83.1 g/mol. The molecule has 1 heterocycles. The van der Waals surface area contributed by atoms with Crippen LogP contribution in [0, 0.1) is 13.0 Å². The van der Waals surface area contributed by atoms with Crippen molar-refractivity contribution in [3.8, 4) is 0 Å². The zero-order valence-corrected chi connectivity index (χ0v) is 3.78. The second-order valence-corrected chi connectivity index (χ2v) is 1.50. The van der Waals surface area contributed by atoms with Crippen molar-refractivity contribution in [2.45, 2.75) is 12.8 Å². The quantitative estimate of drug-likeness (QED) is 0.455. The Labute approximate surface area is 38.7 Å². The molecule has 1 aliphatic rings. The fourth-order valence-corrected chi connectivity index (χ4v) is 0.572. The Kier molecular flexibility index (Phi) is 1.51. The highest BCUT2D eigenvalue weighted by Crippen LogP contribution is 1.98. The lowest BCUT2D eigenvalue weighted by molar-refractivity contribution is 0.658. The predicted molar refractivity (Wildman–Crippen MR) is 25.8 cm³/mol. The Balaban J connectivity index is 2.00. The first kappa shape index (κ1) is 4.13. The molecule has 0 unspecified atom stereocenters. The summed E-state index contributed by atoms with van der Waals surface area (Å²) in [5.41, 5.74) is 0. The third kappa shape index (κ3) is 0.977. The van der Waals surface area contributed by atoms with Gasteiger partial charge in [-0.05, 0) is 25.8 Å². The smallest absolute Gasteiger partial charge is 0.0255 e. The molecule has 0 amide bonds. The van der Waals surface area contributed by atoms with Gasteiger partial charge in [0.05, 0.1) is 0 Å². The van der Waals surface area contributed by atoms with Gasteiger partial charge in [0.15, 0.2) is 0 Å². The zero-order chi connectivity index (χ0) is 4.24. The van der Waals surface area contributed by atoms with Crippen molar-refractivity contribution in [2.75, 3.05) is 6.54 Å². The zero-order valence-electron chi connectivity index (χ0n) is 3.78. The fourth-order valence-electron chi connectivity index (χ4n) is 0.572. The highest BCUT2D eigenvalue weighted by molar-refractivity contribution is 4.85. The van der Waals surface area contributed by atoms with Crippen LogP contribution in [0.4, 0.5) is 0 Å². The van der Waals surface area contributed by atoms with E-state index in [1.807, 2.05) is 6.54 Å². The van der Waals surface area contributed by atoms with Crippen LogP contribution in [0.1, 0.15) is 12.8 Å². The highest BCUT2D eigenvalue weighted by atomic mass is 14.9. The molecule has 0 atom stereocenters. The Bertz CT molecular complexity index is 19.4. The minimum Gasteiger partial charge on any atom is -0.312 e. The SMILES string of the molecule is [CH]1[CH]NCCC1. The van der Waals surface area contributed by atoms with Crippen LogP contribution in [-0.4, -0.2) is 6.54 Å². The molecule has 1 saturated heterocycles. The summed E-state index contributed by atoms with van der Waals surface area (Å²) < 4.78 is 0. The number of piperidine rings is 1. The van der Waals surface area contributed by atoms with E-state index in [4.69, 9.17) is 0 Å². The van der Waals surface area contributed by atoms with Gasteiger partial charge in [0.25, 0.3) is 0 Å². The average molecular weight is 83.1 g/mol. The summed E-state index contributed by atoms with van der Waals surface area (Å²) in [4.78, 5) is 0. The summed E-state index contributed by atoms with van der Waals surface area (Å²) in [6.07, 6.45) is 4.72. The molecule has 6 heavy (non-hydrogen) atoms. The van der Waals surface area contributed by atoms with E-state index < -0.39 is 0 Å². The Morgan fingerprint density at radius 3 is 2.67 bits per heavy atom. The van der Waals surface area contributed by atoms with E-state index in [0.717, 1.165) is 6.54 Å². The van der Waals surface area contributed by atoms with Gasteiger partial charge in [-0.1, -0.05) is 0 Å². The van der Waals surface area contributed by atoms with Crippen LogP contribution in [0.2, 0.25) is 0 Å². The maximum Gasteiger partial charge on any atom is 0.0255 e. The van der Waals surface area contributed by atoms with E-state index in [-0.39, 0.29) is 0 Å². The average Bonchev–Trinajstić information content (AvgIpc) is 1.72. The summed E-state index contributed by atoms with van der Waals surface area (Å²) in [6, 6.07) is 0. The van der Waals surface area contributed by atoms with Gasteiger partial charge in [0.2, 0.25) is 0 Å². The van der Waals surface area contributed by atoms with Crippen molar-refractivity contribution in [3.63, 3.8) is 0 Å². The summed E-state index contributed by atoms with van der Waals surface area (Å²) in [5.74, 6) is 0. The van der Waals surface area contributed by atoms with Crippen molar-refractivity contribution in [2.24, 2.45) is 0 Å². The number of nitrogens with one attached hydrogen (secondary N) is 1. The number of hydrogen-bond donors (Lipinski definition) is 1. The van der Waals surface area contributed by atoms with E-state index in [2.05, 4.69) is 11.7 Å². The number of hydrogen-bond acceptors (Lipinski definition) is 1. The van der Waals surface area contributed by atoms with Crippen LogP contribution in [0.25, 0.3) is 0 Å². The molecule has 0 aromatic carbocycles. The standard InChI is InChI=1S/C5H9N/c1-2-4-6-5-3-1/h2,4,6H,1,3,5H2. The molecule has 34 valence electrons. The van der Waals surface area contributed by atoms with Gasteiger partial charge in [0, 0.05) is 6.54 Å². The molecule has 1 rings (SSSR count). The van der Waals surface area contributed by atoms with Crippen LogP contribution < -0.4 is 5.32 Å².